The Morgan fingerprint density at radius 1 is 1.19 bits per heavy atom. The molecule has 0 saturated heterocycles. The Labute approximate surface area is 123 Å². The molecule has 0 spiro atoms. The summed E-state index contributed by atoms with van der Waals surface area (Å²) in [7, 11) is 0. The number of pyridine rings is 2. The quantitative estimate of drug-likeness (QED) is 0.881. The van der Waals surface area contributed by atoms with Crippen LogP contribution in [0.25, 0.3) is 0 Å². The van der Waals surface area contributed by atoms with Crippen molar-refractivity contribution in [2.24, 2.45) is 0 Å². The summed E-state index contributed by atoms with van der Waals surface area (Å²) in [6, 6.07) is 9.76. The van der Waals surface area contributed by atoms with E-state index in [1.54, 1.807) is 18.5 Å². The van der Waals surface area contributed by atoms with Crippen LogP contribution in [0.15, 0.2) is 42.7 Å². The van der Waals surface area contributed by atoms with Crippen LogP contribution in [0.5, 0.6) is 0 Å². The smallest absolute Gasteiger partial charge is 0.354 e. The first kappa shape index (κ1) is 13.7. The Morgan fingerprint density at radius 2 is 1.95 bits per heavy atom. The first-order valence-electron chi connectivity index (χ1n) is 7.04. The Bertz CT molecular complexity index is 626. The van der Waals surface area contributed by atoms with E-state index < -0.39 is 5.97 Å². The first-order valence-corrected chi connectivity index (χ1v) is 7.04. The fraction of sp³-hybridized carbons (Fsp3) is 0.312. The second kappa shape index (κ2) is 6.01. The van der Waals surface area contributed by atoms with Gasteiger partial charge in [0.05, 0.1) is 5.69 Å². The van der Waals surface area contributed by atoms with Gasteiger partial charge in [-0.2, -0.15) is 0 Å². The lowest BCUT2D eigenvalue weighted by Gasteiger charge is -2.21. The van der Waals surface area contributed by atoms with Gasteiger partial charge < -0.3 is 5.11 Å². The van der Waals surface area contributed by atoms with Gasteiger partial charge >= 0.3 is 5.97 Å². The number of carbonyl (C=O) groups is 1. The van der Waals surface area contributed by atoms with Gasteiger partial charge in [-0.1, -0.05) is 6.07 Å². The Morgan fingerprint density at radius 3 is 2.62 bits per heavy atom. The van der Waals surface area contributed by atoms with E-state index >= 15 is 0 Å². The minimum absolute atomic E-state index is 0.104. The molecule has 0 amide bonds. The number of aromatic nitrogens is 2. The van der Waals surface area contributed by atoms with Gasteiger partial charge in [-0.05, 0) is 42.7 Å². The van der Waals surface area contributed by atoms with Gasteiger partial charge in [0, 0.05) is 31.5 Å². The van der Waals surface area contributed by atoms with E-state index in [9.17, 15) is 4.79 Å². The number of carboxylic acids is 1. The topological polar surface area (TPSA) is 66.3 Å². The normalized spacial score (nSPS) is 14.3. The summed E-state index contributed by atoms with van der Waals surface area (Å²) in [5.41, 5.74) is 2.12. The van der Waals surface area contributed by atoms with Crippen LogP contribution < -0.4 is 0 Å². The zero-order valence-electron chi connectivity index (χ0n) is 11.6. The summed E-state index contributed by atoms with van der Waals surface area (Å²) >= 11 is 0. The standard InChI is InChI=1S/C16H17N3O2/c20-16(21)15-3-1-2-13(18-15)11-19(14-4-5-14)10-12-6-8-17-9-7-12/h1-3,6-9,14H,4-5,10-11H2,(H,20,21). The van der Waals surface area contributed by atoms with Gasteiger partial charge in [0.25, 0.3) is 0 Å². The van der Waals surface area contributed by atoms with Crippen LogP contribution in [0, 0.1) is 0 Å². The lowest BCUT2D eigenvalue weighted by molar-refractivity contribution is 0.0690. The molecule has 5 nitrogen and oxygen atoms in total. The molecule has 2 aromatic heterocycles. The van der Waals surface area contributed by atoms with Crippen molar-refractivity contribution in [1.29, 1.82) is 0 Å². The second-order valence-corrected chi connectivity index (χ2v) is 5.31. The molecule has 21 heavy (non-hydrogen) atoms. The van der Waals surface area contributed by atoms with Gasteiger partial charge in [0.1, 0.15) is 5.69 Å². The molecule has 5 heteroatoms. The maximum absolute atomic E-state index is 11.0. The SMILES string of the molecule is O=C(O)c1cccc(CN(Cc2ccncc2)C2CC2)n1. The largest absolute Gasteiger partial charge is 0.477 e. The first-order chi connectivity index (χ1) is 10.2. The third-order valence-corrected chi connectivity index (χ3v) is 3.59. The van der Waals surface area contributed by atoms with E-state index in [1.807, 2.05) is 18.2 Å². The zero-order chi connectivity index (χ0) is 14.7. The summed E-state index contributed by atoms with van der Waals surface area (Å²) in [5.74, 6) is -0.982. The molecule has 0 atom stereocenters. The highest BCUT2D eigenvalue weighted by Gasteiger charge is 2.29. The molecular formula is C16H17N3O2. The molecule has 2 aromatic rings. The van der Waals surface area contributed by atoms with Crippen molar-refractivity contribution < 1.29 is 9.90 Å². The molecule has 0 aliphatic heterocycles. The van der Waals surface area contributed by atoms with Crippen molar-refractivity contribution in [2.75, 3.05) is 0 Å². The summed E-state index contributed by atoms with van der Waals surface area (Å²) in [4.78, 5) is 21.6. The molecule has 1 aliphatic carbocycles. The molecule has 0 bridgehead atoms. The number of carboxylic acid groups (broad SMARTS) is 1. The average Bonchev–Trinajstić information content (AvgIpc) is 3.33. The molecular weight excluding hydrogens is 266 g/mol. The highest BCUT2D eigenvalue weighted by molar-refractivity contribution is 5.85. The zero-order valence-corrected chi connectivity index (χ0v) is 11.6. The van der Waals surface area contributed by atoms with E-state index in [-0.39, 0.29) is 5.69 Å². The monoisotopic (exact) mass is 283 g/mol. The van der Waals surface area contributed by atoms with Gasteiger partial charge in [-0.3, -0.25) is 9.88 Å². The summed E-state index contributed by atoms with van der Waals surface area (Å²) in [6.07, 6.45) is 5.99. The van der Waals surface area contributed by atoms with Gasteiger partial charge in [0.2, 0.25) is 0 Å². The van der Waals surface area contributed by atoms with Crippen LogP contribution in [0.2, 0.25) is 0 Å². The maximum atomic E-state index is 11.0. The van der Waals surface area contributed by atoms with E-state index in [0.29, 0.717) is 12.6 Å². The van der Waals surface area contributed by atoms with Crippen molar-refractivity contribution in [1.82, 2.24) is 14.9 Å². The van der Waals surface area contributed by atoms with Crippen LogP contribution in [-0.2, 0) is 13.1 Å². The van der Waals surface area contributed by atoms with E-state index in [0.717, 1.165) is 12.2 Å². The van der Waals surface area contributed by atoms with Gasteiger partial charge in [0.15, 0.2) is 0 Å². The predicted octanol–water partition coefficient (Wildman–Crippen LogP) is 2.34. The van der Waals surface area contributed by atoms with Crippen molar-refractivity contribution in [2.45, 2.75) is 32.0 Å². The van der Waals surface area contributed by atoms with Crippen molar-refractivity contribution in [3.63, 3.8) is 0 Å². The minimum atomic E-state index is -0.982. The Hall–Kier alpha value is -2.27. The average molecular weight is 283 g/mol. The molecule has 0 radical (unpaired) electrons. The van der Waals surface area contributed by atoms with Crippen molar-refractivity contribution in [3.05, 3.63) is 59.7 Å². The molecule has 3 rings (SSSR count). The lowest BCUT2D eigenvalue weighted by Crippen LogP contribution is -2.25. The number of hydrogen-bond acceptors (Lipinski definition) is 4. The molecule has 1 saturated carbocycles. The summed E-state index contributed by atoms with van der Waals surface area (Å²) < 4.78 is 0. The van der Waals surface area contributed by atoms with Crippen LogP contribution in [0.3, 0.4) is 0 Å². The fourth-order valence-corrected chi connectivity index (χ4v) is 2.37. The van der Waals surface area contributed by atoms with E-state index in [1.165, 1.54) is 24.5 Å². The Balaban J connectivity index is 1.73. The Kier molecular flexibility index (Phi) is 3.92. The minimum Gasteiger partial charge on any atom is -0.477 e. The van der Waals surface area contributed by atoms with Crippen LogP contribution >= 0.6 is 0 Å². The number of rotatable bonds is 6. The maximum Gasteiger partial charge on any atom is 0.354 e. The predicted molar refractivity (Wildman–Crippen MR) is 77.7 cm³/mol. The van der Waals surface area contributed by atoms with Crippen LogP contribution in [-0.4, -0.2) is 32.0 Å². The van der Waals surface area contributed by atoms with Crippen LogP contribution in [0.1, 0.15) is 34.6 Å². The fourth-order valence-electron chi connectivity index (χ4n) is 2.37. The molecule has 0 aromatic carbocycles. The lowest BCUT2D eigenvalue weighted by atomic mass is 10.2. The molecule has 1 fully saturated rings. The summed E-state index contributed by atoms with van der Waals surface area (Å²) in [5, 5.41) is 9.02. The van der Waals surface area contributed by atoms with E-state index in [2.05, 4.69) is 14.9 Å². The molecule has 1 N–H and O–H groups in total. The van der Waals surface area contributed by atoms with Crippen molar-refractivity contribution >= 4 is 5.97 Å². The van der Waals surface area contributed by atoms with Crippen LogP contribution in [0.4, 0.5) is 0 Å². The third kappa shape index (κ3) is 3.64. The van der Waals surface area contributed by atoms with Gasteiger partial charge in [-0.15, -0.1) is 0 Å². The highest BCUT2D eigenvalue weighted by Crippen LogP contribution is 2.29. The molecule has 1 aliphatic rings. The number of nitrogens with zero attached hydrogens (tertiary/aromatic N) is 3. The second-order valence-electron chi connectivity index (χ2n) is 5.31. The number of aromatic carboxylic acids is 1. The summed E-state index contributed by atoms with van der Waals surface area (Å²) in [6.45, 7) is 1.51. The van der Waals surface area contributed by atoms with Gasteiger partial charge in [-0.25, -0.2) is 9.78 Å². The third-order valence-electron chi connectivity index (χ3n) is 3.59. The molecule has 0 unspecified atom stereocenters. The molecule has 108 valence electrons. The highest BCUT2D eigenvalue weighted by atomic mass is 16.4. The van der Waals surface area contributed by atoms with Crippen molar-refractivity contribution in [3.8, 4) is 0 Å². The van der Waals surface area contributed by atoms with E-state index in [4.69, 9.17) is 5.11 Å². The molecule has 2 heterocycles. The number of hydrogen-bond donors (Lipinski definition) is 1.